The summed E-state index contributed by atoms with van der Waals surface area (Å²) in [5.41, 5.74) is 7.28. The van der Waals surface area contributed by atoms with Crippen molar-refractivity contribution in [2.45, 2.75) is 6.04 Å². The van der Waals surface area contributed by atoms with Crippen LogP contribution in [0.5, 0.6) is 0 Å². The van der Waals surface area contributed by atoms with Crippen LogP contribution in [0.3, 0.4) is 0 Å². The van der Waals surface area contributed by atoms with Crippen LogP contribution in [-0.2, 0) is 0 Å². The first kappa shape index (κ1) is 12.3. The van der Waals surface area contributed by atoms with Crippen LogP contribution in [-0.4, -0.2) is 11.1 Å². The smallest absolute Gasteiger partial charge is 0.335 e. The zero-order valence-electron chi connectivity index (χ0n) is 8.76. The second-order valence-corrected chi connectivity index (χ2v) is 6.04. The van der Waals surface area contributed by atoms with Gasteiger partial charge in [-0.05, 0) is 45.8 Å². The van der Waals surface area contributed by atoms with Crippen molar-refractivity contribution in [2.24, 2.45) is 5.73 Å². The van der Waals surface area contributed by atoms with Gasteiger partial charge in [-0.15, -0.1) is 11.3 Å². The van der Waals surface area contributed by atoms with Crippen molar-refractivity contribution in [3.63, 3.8) is 0 Å². The maximum Gasteiger partial charge on any atom is 0.335 e. The second-order valence-electron chi connectivity index (χ2n) is 3.55. The van der Waals surface area contributed by atoms with Gasteiger partial charge in [0.15, 0.2) is 0 Å². The molecule has 3 N–H and O–H groups in total. The van der Waals surface area contributed by atoms with E-state index in [0.717, 1.165) is 14.2 Å². The summed E-state index contributed by atoms with van der Waals surface area (Å²) in [5.74, 6) is -0.927. The standard InChI is InChI=1S/C12H10BrNO2S/c13-10-6-5-9(17-10)11(14)7-1-3-8(4-2-7)12(15)16/h1-6,11H,14H2,(H,15,16). The molecule has 0 amide bonds. The van der Waals surface area contributed by atoms with Gasteiger partial charge < -0.3 is 10.8 Å². The molecular formula is C12H10BrNO2S. The molecule has 0 aliphatic rings. The van der Waals surface area contributed by atoms with Gasteiger partial charge in [-0.25, -0.2) is 4.79 Å². The largest absolute Gasteiger partial charge is 0.478 e. The molecule has 0 bridgehead atoms. The summed E-state index contributed by atoms with van der Waals surface area (Å²) in [6.45, 7) is 0. The second kappa shape index (κ2) is 5.00. The van der Waals surface area contributed by atoms with Crippen LogP contribution in [0, 0.1) is 0 Å². The molecule has 0 fully saturated rings. The van der Waals surface area contributed by atoms with E-state index >= 15 is 0 Å². The van der Waals surface area contributed by atoms with Gasteiger partial charge in [-0.1, -0.05) is 12.1 Å². The lowest BCUT2D eigenvalue weighted by Crippen LogP contribution is -2.10. The molecule has 0 saturated heterocycles. The normalized spacial score (nSPS) is 12.4. The fourth-order valence-corrected chi connectivity index (χ4v) is 2.95. The monoisotopic (exact) mass is 311 g/mol. The first-order valence-electron chi connectivity index (χ1n) is 4.92. The van der Waals surface area contributed by atoms with Crippen molar-refractivity contribution in [3.05, 3.63) is 56.2 Å². The van der Waals surface area contributed by atoms with Gasteiger partial charge in [0.2, 0.25) is 0 Å². The van der Waals surface area contributed by atoms with Crippen molar-refractivity contribution >= 4 is 33.2 Å². The average molecular weight is 312 g/mol. The van der Waals surface area contributed by atoms with Gasteiger partial charge in [0.25, 0.3) is 0 Å². The van der Waals surface area contributed by atoms with Crippen molar-refractivity contribution in [1.29, 1.82) is 0 Å². The van der Waals surface area contributed by atoms with E-state index < -0.39 is 5.97 Å². The van der Waals surface area contributed by atoms with E-state index in [9.17, 15) is 4.79 Å². The van der Waals surface area contributed by atoms with E-state index in [1.54, 1.807) is 35.6 Å². The lowest BCUT2D eigenvalue weighted by atomic mass is 10.0. The molecule has 0 radical (unpaired) electrons. The molecule has 88 valence electrons. The molecule has 0 spiro atoms. The van der Waals surface area contributed by atoms with E-state index in [4.69, 9.17) is 10.8 Å². The van der Waals surface area contributed by atoms with Gasteiger partial charge in [-0.2, -0.15) is 0 Å². The maximum atomic E-state index is 10.7. The van der Waals surface area contributed by atoms with Crippen LogP contribution >= 0.6 is 27.3 Å². The highest BCUT2D eigenvalue weighted by molar-refractivity contribution is 9.11. The third-order valence-electron chi connectivity index (χ3n) is 2.42. The molecule has 17 heavy (non-hydrogen) atoms. The number of hydrogen-bond acceptors (Lipinski definition) is 3. The third kappa shape index (κ3) is 2.74. The highest BCUT2D eigenvalue weighted by atomic mass is 79.9. The van der Waals surface area contributed by atoms with Crippen LogP contribution in [0.4, 0.5) is 0 Å². The lowest BCUT2D eigenvalue weighted by molar-refractivity contribution is 0.0697. The maximum absolute atomic E-state index is 10.7. The molecule has 5 heteroatoms. The Balaban J connectivity index is 2.25. The molecule has 1 atom stereocenters. The number of carboxylic acids is 1. The SMILES string of the molecule is NC(c1ccc(C(=O)O)cc1)c1ccc(Br)s1. The van der Waals surface area contributed by atoms with Crippen LogP contribution < -0.4 is 5.73 Å². The number of rotatable bonds is 3. The van der Waals surface area contributed by atoms with Crippen LogP contribution in [0.2, 0.25) is 0 Å². The summed E-state index contributed by atoms with van der Waals surface area (Å²) in [7, 11) is 0. The Morgan fingerprint density at radius 3 is 2.35 bits per heavy atom. The fraction of sp³-hybridized carbons (Fsp3) is 0.0833. The fourth-order valence-electron chi connectivity index (χ4n) is 1.49. The molecule has 0 saturated carbocycles. The minimum absolute atomic E-state index is 0.214. The quantitative estimate of drug-likeness (QED) is 0.914. The highest BCUT2D eigenvalue weighted by Gasteiger charge is 2.12. The minimum atomic E-state index is -0.927. The van der Waals surface area contributed by atoms with Gasteiger partial charge in [0, 0.05) is 4.88 Å². The highest BCUT2D eigenvalue weighted by Crippen LogP contribution is 2.29. The summed E-state index contributed by atoms with van der Waals surface area (Å²) < 4.78 is 1.03. The molecule has 1 unspecified atom stereocenters. The Kier molecular flexibility index (Phi) is 3.61. The number of carboxylic acid groups (broad SMARTS) is 1. The topological polar surface area (TPSA) is 63.3 Å². The lowest BCUT2D eigenvalue weighted by Gasteiger charge is -2.09. The summed E-state index contributed by atoms with van der Waals surface area (Å²) >= 11 is 4.97. The summed E-state index contributed by atoms with van der Waals surface area (Å²) in [4.78, 5) is 11.8. The predicted molar refractivity (Wildman–Crippen MR) is 71.5 cm³/mol. The van der Waals surface area contributed by atoms with E-state index in [1.165, 1.54) is 0 Å². The van der Waals surface area contributed by atoms with Crippen molar-refractivity contribution in [1.82, 2.24) is 0 Å². The minimum Gasteiger partial charge on any atom is -0.478 e. The number of benzene rings is 1. The molecule has 1 aromatic heterocycles. The third-order valence-corrected chi connectivity index (χ3v) is 4.12. The van der Waals surface area contributed by atoms with E-state index in [-0.39, 0.29) is 11.6 Å². The van der Waals surface area contributed by atoms with Crippen LogP contribution in [0.1, 0.15) is 26.8 Å². The van der Waals surface area contributed by atoms with Crippen molar-refractivity contribution in [2.75, 3.05) is 0 Å². The molecule has 1 heterocycles. The number of nitrogens with two attached hydrogens (primary N) is 1. The Bertz CT molecular complexity index is 536. The molecule has 2 aromatic rings. The summed E-state index contributed by atoms with van der Waals surface area (Å²) in [5, 5.41) is 8.80. The number of aromatic carboxylic acids is 1. The predicted octanol–water partition coefficient (Wildman–Crippen LogP) is 3.26. The van der Waals surface area contributed by atoms with Gasteiger partial charge in [0.05, 0.1) is 15.4 Å². The molecule has 0 aliphatic carbocycles. The first-order chi connectivity index (χ1) is 8.08. The average Bonchev–Trinajstić information content (AvgIpc) is 2.75. The van der Waals surface area contributed by atoms with E-state index in [2.05, 4.69) is 15.9 Å². The Hall–Kier alpha value is -1.17. The van der Waals surface area contributed by atoms with E-state index in [0.29, 0.717) is 0 Å². The Morgan fingerprint density at radius 2 is 1.88 bits per heavy atom. The number of thiophene rings is 1. The first-order valence-corrected chi connectivity index (χ1v) is 6.53. The Morgan fingerprint density at radius 1 is 1.24 bits per heavy atom. The van der Waals surface area contributed by atoms with Crippen molar-refractivity contribution in [3.8, 4) is 0 Å². The molecule has 1 aromatic carbocycles. The molecule has 2 rings (SSSR count). The van der Waals surface area contributed by atoms with Crippen LogP contribution in [0.15, 0.2) is 40.2 Å². The number of halogens is 1. The number of carbonyl (C=O) groups is 1. The Labute approximate surface area is 111 Å². The zero-order chi connectivity index (χ0) is 12.4. The van der Waals surface area contributed by atoms with Gasteiger partial charge in [-0.3, -0.25) is 0 Å². The van der Waals surface area contributed by atoms with Gasteiger partial charge >= 0.3 is 5.97 Å². The zero-order valence-corrected chi connectivity index (χ0v) is 11.2. The van der Waals surface area contributed by atoms with Crippen molar-refractivity contribution < 1.29 is 9.90 Å². The van der Waals surface area contributed by atoms with Gasteiger partial charge in [0.1, 0.15) is 0 Å². The van der Waals surface area contributed by atoms with Crippen LogP contribution in [0.25, 0.3) is 0 Å². The molecule has 0 aliphatic heterocycles. The van der Waals surface area contributed by atoms with E-state index in [1.807, 2.05) is 12.1 Å². The summed E-state index contributed by atoms with van der Waals surface area (Å²) in [6, 6.07) is 10.3. The number of hydrogen-bond donors (Lipinski definition) is 2. The molecular weight excluding hydrogens is 302 g/mol. The molecule has 3 nitrogen and oxygen atoms in total. The summed E-state index contributed by atoms with van der Waals surface area (Å²) in [6.07, 6.45) is 0.